The Labute approximate surface area is 136 Å². The Morgan fingerprint density at radius 1 is 0.957 bits per heavy atom. The van der Waals surface area contributed by atoms with Crippen molar-refractivity contribution in [3.05, 3.63) is 52.6 Å². The molecule has 3 heteroatoms. The fourth-order valence-electron chi connectivity index (χ4n) is 4.18. The maximum absolute atomic E-state index is 6.06. The van der Waals surface area contributed by atoms with E-state index in [1.165, 1.54) is 33.4 Å². The molecule has 2 aromatic rings. The summed E-state index contributed by atoms with van der Waals surface area (Å²) in [5, 5.41) is 0. The minimum atomic E-state index is -0.528. The van der Waals surface area contributed by atoms with Gasteiger partial charge in [0.2, 0.25) is 0 Å². The van der Waals surface area contributed by atoms with Gasteiger partial charge in [0.15, 0.2) is 5.79 Å². The van der Waals surface area contributed by atoms with Gasteiger partial charge in [-0.1, -0.05) is 23.8 Å². The van der Waals surface area contributed by atoms with E-state index in [1.807, 2.05) is 0 Å². The van der Waals surface area contributed by atoms with Gasteiger partial charge < -0.3 is 14.2 Å². The van der Waals surface area contributed by atoms with E-state index in [2.05, 4.69) is 37.3 Å². The molecule has 2 heterocycles. The topological polar surface area (TPSA) is 27.7 Å². The molecule has 0 amide bonds. The SMILES string of the molecule is Cc1ccc2c(c1)COc1cc3c(cc1-2)CCCC31OCCO1. The Morgan fingerprint density at radius 3 is 2.70 bits per heavy atom. The summed E-state index contributed by atoms with van der Waals surface area (Å²) in [6, 6.07) is 11.1. The van der Waals surface area contributed by atoms with Crippen molar-refractivity contribution in [2.75, 3.05) is 13.2 Å². The molecule has 0 atom stereocenters. The lowest BCUT2D eigenvalue weighted by Gasteiger charge is -2.35. The molecule has 0 aromatic heterocycles. The van der Waals surface area contributed by atoms with Gasteiger partial charge in [-0.2, -0.15) is 0 Å². The largest absolute Gasteiger partial charge is 0.488 e. The van der Waals surface area contributed by atoms with Crippen LogP contribution in [0.3, 0.4) is 0 Å². The Bertz CT molecular complexity index is 788. The van der Waals surface area contributed by atoms with Crippen LogP contribution in [0.15, 0.2) is 30.3 Å². The summed E-state index contributed by atoms with van der Waals surface area (Å²) in [5.74, 6) is 0.431. The standard InChI is InChI=1S/C20H20O3/c1-13-4-5-16-15(9-13)12-21-19-11-18-14(10-17(16)19)3-2-6-20(18)22-7-8-23-20/h4-5,9-11H,2-3,6-8,12H2,1H3. The summed E-state index contributed by atoms with van der Waals surface area (Å²) in [4.78, 5) is 0. The number of rotatable bonds is 0. The van der Waals surface area contributed by atoms with Gasteiger partial charge in [0.05, 0.1) is 13.2 Å². The summed E-state index contributed by atoms with van der Waals surface area (Å²) in [6.45, 7) is 4.12. The molecule has 3 nitrogen and oxygen atoms in total. The van der Waals surface area contributed by atoms with Crippen LogP contribution >= 0.6 is 0 Å². The first kappa shape index (κ1) is 13.6. The van der Waals surface area contributed by atoms with Crippen molar-refractivity contribution < 1.29 is 14.2 Å². The summed E-state index contributed by atoms with van der Waals surface area (Å²) in [6.07, 6.45) is 3.13. The van der Waals surface area contributed by atoms with Crippen LogP contribution in [0.1, 0.15) is 35.1 Å². The van der Waals surface area contributed by atoms with Crippen LogP contribution in [0.4, 0.5) is 0 Å². The lowest BCUT2D eigenvalue weighted by atomic mass is 9.83. The van der Waals surface area contributed by atoms with Gasteiger partial charge in [-0.05, 0) is 48.6 Å². The maximum atomic E-state index is 6.06. The third-order valence-corrected chi connectivity index (χ3v) is 5.26. The third-order valence-electron chi connectivity index (χ3n) is 5.26. The Morgan fingerprint density at radius 2 is 1.83 bits per heavy atom. The molecule has 0 unspecified atom stereocenters. The number of hydrogen-bond donors (Lipinski definition) is 0. The Hall–Kier alpha value is -1.84. The van der Waals surface area contributed by atoms with E-state index < -0.39 is 5.79 Å². The van der Waals surface area contributed by atoms with Crippen LogP contribution in [0.5, 0.6) is 5.75 Å². The molecular formula is C20H20O3. The molecule has 0 bridgehead atoms. The van der Waals surface area contributed by atoms with Gasteiger partial charge in [0.25, 0.3) is 0 Å². The molecule has 0 N–H and O–H groups in total. The normalized spacial score (nSPS) is 20.6. The molecule has 5 rings (SSSR count). The van der Waals surface area contributed by atoms with Gasteiger partial charge in [0.1, 0.15) is 12.4 Å². The molecular weight excluding hydrogens is 288 g/mol. The molecule has 0 radical (unpaired) electrons. The highest BCUT2D eigenvalue weighted by atomic mass is 16.7. The molecule has 0 saturated carbocycles. The zero-order valence-corrected chi connectivity index (χ0v) is 13.4. The summed E-state index contributed by atoms with van der Waals surface area (Å²) < 4.78 is 18.1. The first-order valence-electron chi connectivity index (χ1n) is 8.43. The van der Waals surface area contributed by atoms with E-state index in [0.29, 0.717) is 19.8 Å². The zero-order chi connectivity index (χ0) is 15.4. The van der Waals surface area contributed by atoms with Crippen molar-refractivity contribution in [2.24, 2.45) is 0 Å². The number of aryl methyl sites for hydroxylation is 2. The van der Waals surface area contributed by atoms with Crippen molar-refractivity contribution in [1.29, 1.82) is 0 Å². The molecule has 2 aromatic carbocycles. The van der Waals surface area contributed by atoms with Gasteiger partial charge in [-0.15, -0.1) is 0 Å². The molecule has 1 aliphatic carbocycles. The summed E-state index contributed by atoms with van der Waals surface area (Å²) in [5.41, 5.74) is 7.58. The number of fused-ring (bicyclic) bond motifs is 5. The molecule has 1 fully saturated rings. The predicted molar refractivity (Wildman–Crippen MR) is 87.5 cm³/mol. The van der Waals surface area contributed by atoms with E-state index in [-0.39, 0.29) is 0 Å². The zero-order valence-electron chi connectivity index (χ0n) is 13.4. The molecule has 118 valence electrons. The van der Waals surface area contributed by atoms with Gasteiger partial charge >= 0.3 is 0 Å². The van der Waals surface area contributed by atoms with Crippen LogP contribution in [-0.4, -0.2) is 13.2 Å². The number of hydrogen-bond acceptors (Lipinski definition) is 3. The monoisotopic (exact) mass is 308 g/mol. The van der Waals surface area contributed by atoms with Gasteiger partial charge in [-0.3, -0.25) is 0 Å². The molecule has 3 aliphatic rings. The van der Waals surface area contributed by atoms with E-state index >= 15 is 0 Å². The summed E-state index contributed by atoms with van der Waals surface area (Å²) >= 11 is 0. The smallest absolute Gasteiger partial charge is 0.195 e. The third kappa shape index (κ3) is 1.97. The second kappa shape index (κ2) is 4.83. The van der Waals surface area contributed by atoms with Crippen molar-refractivity contribution in [3.63, 3.8) is 0 Å². The fraction of sp³-hybridized carbons (Fsp3) is 0.400. The second-order valence-electron chi connectivity index (χ2n) is 6.76. The van der Waals surface area contributed by atoms with Crippen molar-refractivity contribution in [3.8, 4) is 16.9 Å². The van der Waals surface area contributed by atoms with Crippen molar-refractivity contribution >= 4 is 0 Å². The van der Waals surface area contributed by atoms with Crippen LogP contribution in [0, 0.1) is 6.92 Å². The van der Waals surface area contributed by atoms with E-state index in [0.717, 1.165) is 25.0 Å². The van der Waals surface area contributed by atoms with E-state index in [1.54, 1.807) is 0 Å². The fourth-order valence-corrected chi connectivity index (χ4v) is 4.18. The highest BCUT2D eigenvalue weighted by molar-refractivity contribution is 5.77. The van der Waals surface area contributed by atoms with E-state index in [9.17, 15) is 0 Å². The van der Waals surface area contributed by atoms with E-state index in [4.69, 9.17) is 14.2 Å². The lowest BCUT2D eigenvalue weighted by molar-refractivity contribution is -0.175. The highest BCUT2D eigenvalue weighted by Gasteiger charge is 2.43. The molecule has 23 heavy (non-hydrogen) atoms. The van der Waals surface area contributed by atoms with Crippen molar-refractivity contribution in [2.45, 2.75) is 38.6 Å². The quantitative estimate of drug-likeness (QED) is 0.733. The van der Waals surface area contributed by atoms with Crippen LogP contribution < -0.4 is 4.74 Å². The van der Waals surface area contributed by atoms with Gasteiger partial charge in [-0.25, -0.2) is 0 Å². The van der Waals surface area contributed by atoms with Crippen LogP contribution in [0.2, 0.25) is 0 Å². The highest BCUT2D eigenvalue weighted by Crippen LogP contribution is 2.47. The molecule has 2 aliphatic heterocycles. The predicted octanol–water partition coefficient (Wildman–Crippen LogP) is 4.09. The van der Waals surface area contributed by atoms with Crippen LogP contribution in [0.25, 0.3) is 11.1 Å². The number of benzene rings is 2. The van der Waals surface area contributed by atoms with Gasteiger partial charge in [0, 0.05) is 17.5 Å². The average Bonchev–Trinajstić information content (AvgIpc) is 3.03. The van der Waals surface area contributed by atoms with Crippen molar-refractivity contribution in [1.82, 2.24) is 0 Å². The maximum Gasteiger partial charge on any atom is 0.195 e. The first-order chi connectivity index (χ1) is 11.3. The number of ether oxygens (including phenoxy) is 3. The summed E-state index contributed by atoms with van der Waals surface area (Å²) in [7, 11) is 0. The Balaban J connectivity index is 1.69. The lowest BCUT2D eigenvalue weighted by Crippen LogP contribution is -2.32. The first-order valence-corrected chi connectivity index (χ1v) is 8.43. The minimum Gasteiger partial charge on any atom is -0.488 e. The average molecular weight is 308 g/mol. The molecule has 1 saturated heterocycles. The second-order valence-corrected chi connectivity index (χ2v) is 6.76. The minimum absolute atomic E-state index is 0.528. The molecule has 1 spiro atoms. The van der Waals surface area contributed by atoms with Crippen LogP contribution in [-0.2, 0) is 28.3 Å². The Kier molecular flexibility index (Phi) is 2.85.